The van der Waals surface area contributed by atoms with Crippen LogP contribution in [0.4, 0.5) is 0 Å². The molecule has 0 fully saturated rings. The number of hydrogen-bond acceptors (Lipinski definition) is 4. The molecule has 0 aliphatic carbocycles. The summed E-state index contributed by atoms with van der Waals surface area (Å²) in [5.41, 5.74) is 1.12. The average molecular weight is 462 g/mol. The first-order valence-corrected chi connectivity index (χ1v) is 20.9. The van der Waals surface area contributed by atoms with Gasteiger partial charge in [-0.2, -0.15) is 4.31 Å². The van der Waals surface area contributed by atoms with Crippen molar-refractivity contribution in [3.63, 3.8) is 0 Å². The zero-order valence-corrected chi connectivity index (χ0v) is 22.9. The van der Waals surface area contributed by atoms with E-state index >= 15 is 0 Å². The van der Waals surface area contributed by atoms with Crippen LogP contribution < -0.4 is 0 Å². The molecule has 1 aromatic carbocycles. The molecule has 0 amide bonds. The quantitative estimate of drug-likeness (QED) is 0.433. The van der Waals surface area contributed by atoms with Gasteiger partial charge in [0.1, 0.15) is 0 Å². The van der Waals surface area contributed by atoms with Crippen LogP contribution in [0.25, 0.3) is 0 Å². The molecule has 0 aromatic heterocycles. The van der Waals surface area contributed by atoms with E-state index in [4.69, 9.17) is 8.23 Å². The maximum atomic E-state index is 12.6. The van der Waals surface area contributed by atoms with E-state index in [9.17, 15) is 8.42 Å². The molecule has 1 aromatic rings. The Morgan fingerprint density at radius 1 is 0.821 bits per heavy atom. The molecule has 0 atom stereocenters. The van der Waals surface area contributed by atoms with E-state index in [1.165, 1.54) is 4.31 Å². The minimum atomic E-state index is -3.41. The number of hydrogen-bond donors (Lipinski definition) is 0. The molecule has 0 spiro atoms. The summed E-state index contributed by atoms with van der Waals surface area (Å²) in [6.07, 6.45) is 0.837. The van der Waals surface area contributed by atoms with Gasteiger partial charge in [0.05, 0.1) is 4.90 Å². The minimum absolute atomic E-state index is 0.358. The van der Waals surface area contributed by atoms with Gasteiger partial charge in [-0.05, 0) is 76.0 Å². The second kappa shape index (κ2) is 9.67. The predicted molar refractivity (Wildman–Crippen MR) is 126 cm³/mol. The Kier molecular flexibility index (Phi) is 8.89. The van der Waals surface area contributed by atoms with Crippen molar-refractivity contribution in [2.45, 2.75) is 77.0 Å². The summed E-state index contributed by atoms with van der Waals surface area (Å²) in [5, 5.41) is 0. The fraction of sp³-hybridized carbons (Fsp3) is 0.684. The molecule has 9 heteroatoms. The van der Waals surface area contributed by atoms with Gasteiger partial charge in [-0.3, -0.25) is 0 Å². The largest absolute Gasteiger partial charge is 0.437 e. The molecule has 0 aliphatic rings. The van der Waals surface area contributed by atoms with Gasteiger partial charge in [0.2, 0.25) is 10.0 Å². The second-order valence-corrected chi connectivity index (χ2v) is 24.1. The summed E-state index contributed by atoms with van der Waals surface area (Å²) in [7, 11) is -9.11. The van der Waals surface area contributed by atoms with Crippen LogP contribution in [0.15, 0.2) is 29.2 Å². The van der Waals surface area contributed by atoms with Crippen molar-refractivity contribution in [2.75, 3.05) is 13.1 Å². The zero-order valence-electron chi connectivity index (χ0n) is 19.1. The van der Waals surface area contributed by atoms with Gasteiger partial charge in [-0.25, -0.2) is 8.42 Å². The van der Waals surface area contributed by atoms with Gasteiger partial charge in [0.25, 0.3) is 0 Å². The number of nitrogens with zero attached hydrogens (tertiary/aromatic N) is 1. The number of sulfonamides is 1. The summed E-state index contributed by atoms with van der Waals surface area (Å²) < 4.78 is 39.9. The lowest BCUT2D eigenvalue weighted by molar-refractivity contribution is 0.383. The highest BCUT2D eigenvalue weighted by atomic mass is 32.2. The molecule has 0 N–H and O–H groups in total. The minimum Gasteiger partial charge on any atom is -0.437 e. The van der Waals surface area contributed by atoms with E-state index in [1.54, 1.807) is 12.1 Å². The maximum absolute atomic E-state index is 12.6. The SMILES string of the molecule is CCN(CC)S(=O)(=O)c1ccc(CC[Si](C)(O[Si](C)(C)C)O[Si](C)(C)C)cc1. The zero-order chi connectivity index (χ0) is 21.8. The molecule has 0 saturated carbocycles. The molecule has 0 radical (unpaired) electrons. The first-order valence-electron chi connectivity index (χ1n) is 10.1. The van der Waals surface area contributed by atoms with E-state index < -0.39 is 35.2 Å². The van der Waals surface area contributed by atoms with Crippen LogP contribution in [0.2, 0.25) is 51.9 Å². The van der Waals surface area contributed by atoms with Gasteiger partial charge < -0.3 is 8.23 Å². The highest BCUT2D eigenvalue weighted by molar-refractivity contribution is 7.89. The predicted octanol–water partition coefficient (Wildman–Crippen LogP) is 5.03. The van der Waals surface area contributed by atoms with Crippen molar-refractivity contribution in [1.29, 1.82) is 0 Å². The van der Waals surface area contributed by atoms with Crippen LogP contribution in [0, 0.1) is 0 Å². The first kappa shape index (κ1) is 25.7. The van der Waals surface area contributed by atoms with Crippen molar-refractivity contribution < 1.29 is 16.6 Å². The van der Waals surface area contributed by atoms with Gasteiger partial charge in [0, 0.05) is 13.1 Å². The molecule has 5 nitrogen and oxygen atoms in total. The lowest BCUT2D eigenvalue weighted by Crippen LogP contribution is -2.52. The highest BCUT2D eigenvalue weighted by Crippen LogP contribution is 2.26. The second-order valence-electron chi connectivity index (χ2n) is 9.30. The Bertz CT molecular complexity index is 705. The summed E-state index contributed by atoms with van der Waals surface area (Å²) in [4.78, 5) is 0.358. The summed E-state index contributed by atoms with van der Waals surface area (Å²) >= 11 is 0. The Balaban J connectivity index is 2.95. The molecule has 0 bridgehead atoms. The summed E-state index contributed by atoms with van der Waals surface area (Å²) in [6, 6.07) is 8.17. The molecular formula is C19H39NO4SSi3. The van der Waals surface area contributed by atoms with Crippen molar-refractivity contribution in [1.82, 2.24) is 4.31 Å². The van der Waals surface area contributed by atoms with Gasteiger partial charge in [0.15, 0.2) is 16.6 Å². The van der Waals surface area contributed by atoms with Crippen molar-refractivity contribution in [3.05, 3.63) is 29.8 Å². The topological polar surface area (TPSA) is 55.8 Å². The third-order valence-electron chi connectivity index (χ3n) is 4.18. The van der Waals surface area contributed by atoms with Crippen molar-refractivity contribution in [3.8, 4) is 0 Å². The first-order chi connectivity index (χ1) is 12.6. The van der Waals surface area contributed by atoms with E-state index in [0.29, 0.717) is 18.0 Å². The lowest BCUT2D eigenvalue weighted by Gasteiger charge is -2.38. The van der Waals surface area contributed by atoms with E-state index in [2.05, 4.69) is 45.8 Å². The number of rotatable bonds is 11. The maximum Gasteiger partial charge on any atom is 0.314 e. The van der Waals surface area contributed by atoms with Crippen LogP contribution >= 0.6 is 0 Å². The average Bonchev–Trinajstić information content (AvgIpc) is 2.50. The van der Waals surface area contributed by atoms with E-state index in [1.807, 2.05) is 26.0 Å². The van der Waals surface area contributed by atoms with Crippen LogP contribution in [-0.4, -0.2) is 51.0 Å². The molecule has 0 saturated heterocycles. The molecule has 28 heavy (non-hydrogen) atoms. The molecular weight excluding hydrogens is 423 g/mol. The molecule has 0 unspecified atom stereocenters. The van der Waals surface area contributed by atoms with Crippen LogP contribution in [0.3, 0.4) is 0 Å². The van der Waals surface area contributed by atoms with Crippen LogP contribution in [-0.2, 0) is 24.7 Å². The smallest absolute Gasteiger partial charge is 0.314 e. The molecule has 162 valence electrons. The van der Waals surface area contributed by atoms with Gasteiger partial charge >= 0.3 is 8.56 Å². The fourth-order valence-corrected chi connectivity index (χ4v) is 17.3. The normalized spacial score (nSPS) is 13.9. The molecule has 0 heterocycles. The third kappa shape index (κ3) is 8.21. The standard InChI is InChI=1S/C19H39NO4SSi3/c1-10-20(11-2)25(21,22)19-14-12-18(13-15-19)16-17-28(9,23-26(3,4)5)24-27(6,7)8/h12-15H,10-11,16-17H2,1-9H3. The molecule has 1 rings (SSSR count). The van der Waals surface area contributed by atoms with Crippen LogP contribution in [0.5, 0.6) is 0 Å². The summed E-state index contributed by atoms with van der Waals surface area (Å²) in [5.74, 6) is 0. The van der Waals surface area contributed by atoms with E-state index in [-0.39, 0.29) is 0 Å². The fourth-order valence-electron chi connectivity index (χ4n) is 3.33. The van der Waals surface area contributed by atoms with Crippen LogP contribution in [0.1, 0.15) is 19.4 Å². The Labute approximate surface area is 176 Å². The van der Waals surface area contributed by atoms with Crippen molar-refractivity contribution >= 4 is 35.2 Å². The Morgan fingerprint density at radius 2 is 1.25 bits per heavy atom. The lowest BCUT2D eigenvalue weighted by atomic mass is 10.2. The van der Waals surface area contributed by atoms with E-state index in [0.717, 1.165) is 18.0 Å². The van der Waals surface area contributed by atoms with Gasteiger partial charge in [-0.15, -0.1) is 0 Å². The van der Waals surface area contributed by atoms with Gasteiger partial charge in [-0.1, -0.05) is 26.0 Å². The highest BCUT2D eigenvalue weighted by Gasteiger charge is 2.39. The Hall–Kier alpha value is -0.299. The van der Waals surface area contributed by atoms with Crippen molar-refractivity contribution in [2.24, 2.45) is 0 Å². The number of benzene rings is 1. The molecule has 0 aliphatic heterocycles. The monoisotopic (exact) mass is 461 g/mol. The third-order valence-corrected chi connectivity index (χ3v) is 15.8. The summed E-state index contributed by atoms with van der Waals surface area (Å²) in [6.45, 7) is 20.1. The number of aryl methyl sites for hydroxylation is 1. The Morgan fingerprint density at radius 3 is 1.61 bits per heavy atom.